The summed E-state index contributed by atoms with van der Waals surface area (Å²) in [4.78, 5) is 0. The van der Waals surface area contributed by atoms with E-state index in [2.05, 4.69) is 90.0 Å². The zero-order valence-corrected chi connectivity index (χ0v) is 14.4. The van der Waals surface area contributed by atoms with E-state index in [1.165, 1.54) is 11.1 Å². The second-order valence-corrected chi connectivity index (χ2v) is 6.13. The maximum absolute atomic E-state index is 3.67. The maximum atomic E-state index is 3.67. The maximum Gasteiger partial charge on any atom is 0.0250 e. The van der Waals surface area contributed by atoms with Gasteiger partial charge in [-0.15, -0.1) is 0 Å². The van der Waals surface area contributed by atoms with Crippen LogP contribution in [0.4, 0.5) is 0 Å². The highest BCUT2D eigenvalue weighted by Crippen LogP contribution is 2.07. The van der Waals surface area contributed by atoms with E-state index in [0.29, 0.717) is 6.04 Å². The monoisotopic (exact) mass is 325 g/mol. The molecule has 0 aliphatic carbocycles. The van der Waals surface area contributed by atoms with E-state index in [1.54, 1.807) is 0 Å². The summed E-state index contributed by atoms with van der Waals surface area (Å²) in [5.41, 5.74) is 3.72. The molecule has 0 aromatic heterocycles. The van der Waals surface area contributed by atoms with Crippen molar-refractivity contribution in [3.8, 4) is 11.8 Å². The van der Waals surface area contributed by atoms with Gasteiger partial charge in [0.2, 0.25) is 0 Å². The first-order valence-electron chi connectivity index (χ1n) is 8.75. The van der Waals surface area contributed by atoms with Crippen LogP contribution in [0.2, 0.25) is 0 Å². The molecule has 124 valence electrons. The molecule has 3 rings (SSSR count). The number of hydrogen-bond acceptors (Lipinski definition) is 1. The summed E-state index contributed by atoms with van der Waals surface area (Å²) in [6, 6.07) is 31.7. The molecule has 1 atom stereocenters. The van der Waals surface area contributed by atoms with Crippen LogP contribution in [0, 0.1) is 11.8 Å². The first kappa shape index (κ1) is 17.0. The topological polar surface area (TPSA) is 12.0 Å². The third-order valence-corrected chi connectivity index (χ3v) is 4.12. The number of benzene rings is 3. The van der Waals surface area contributed by atoms with Gasteiger partial charge in [-0.2, -0.15) is 0 Å². The normalized spacial score (nSPS) is 11.4. The molecule has 3 aromatic rings. The van der Waals surface area contributed by atoms with Gasteiger partial charge < -0.3 is 5.32 Å². The molecule has 1 heteroatoms. The fourth-order valence-corrected chi connectivity index (χ4v) is 2.77. The van der Waals surface area contributed by atoms with E-state index in [-0.39, 0.29) is 0 Å². The van der Waals surface area contributed by atoms with Gasteiger partial charge in [0.05, 0.1) is 0 Å². The predicted octanol–water partition coefficient (Wildman–Crippen LogP) is 4.83. The van der Waals surface area contributed by atoms with Crippen molar-refractivity contribution in [3.05, 3.63) is 108 Å². The van der Waals surface area contributed by atoms with Gasteiger partial charge in [-0.25, -0.2) is 0 Å². The van der Waals surface area contributed by atoms with E-state index in [9.17, 15) is 0 Å². The molecule has 0 unspecified atom stereocenters. The molecular weight excluding hydrogens is 302 g/mol. The molecule has 0 spiro atoms. The molecule has 25 heavy (non-hydrogen) atoms. The van der Waals surface area contributed by atoms with Gasteiger partial charge in [0.15, 0.2) is 0 Å². The first-order valence-corrected chi connectivity index (χ1v) is 8.75. The van der Waals surface area contributed by atoms with Crippen molar-refractivity contribution in [2.75, 3.05) is 0 Å². The number of hydrogen-bond donors (Lipinski definition) is 1. The summed E-state index contributed by atoms with van der Waals surface area (Å²) in [6.45, 7) is 0.866. The SMILES string of the molecule is C(#Cc1ccccc1)C[C@@H](Cc1ccccc1)NCc1ccccc1. The van der Waals surface area contributed by atoms with Gasteiger partial charge >= 0.3 is 0 Å². The third kappa shape index (κ3) is 5.95. The third-order valence-electron chi connectivity index (χ3n) is 4.12. The zero-order valence-electron chi connectivity index (χ0n) is 14.4. The molecule has 0 fully saturated rings. The number of nitrogens with one attached hydrogen (secondary N) is 1. The van der Waals surface area contributed by atoms with E-state index in [1.807, 2.05) is 18.2 Å². The van der Waals surface area contributed by atoms with Crippen LogP contribution in [0.3, 0.4) is 0 Å². The lowest BCUT2D eigenvalue weighted by Crippen LogP contribution is -2.30. The summed E-state index contributed by atoms with van der Waals surface area (Å²) < 4.78 is 0. The van der Waals surface area contributed by atoms with Crippen LogP contribution in [-0.4, -0.2) is 6.04 Å². The molecule has 1 N–H and O–H groups in total. The van der Waals surface area contributed by atoms with Crippen LogP contribution >= 0.6 is 0 Å². The Morgan fingerprint density at radius 2 is 1.24 bits per heavy atom. The van der Waals surface area contributed by atoms with Gasteiger partial charge in [0.1, 0.15) is 0 Å². The molecule has 0 saturated carbocycles. The second-order valence-electron chi connectivity index (χ2n) is 6.13. The minimum atomic E-state index is 0.332. The highest BCUT2D eigenvalue weighted by Gasteiger charge is 2.08. The molecular formula is C24H23N. The fraction of sp³-hybridized carbons (Fsp3) is 0.167. The van der Waals surface area contributed by atoms with E-state index < -0.39 is 0 Å². The smallest absolute Gasteiger partial charge is 0.0250 e. The quantitative estimate of drug-likeness (QED) is 0.640. The predicted molar refractivity (Wildman–Crippen MR) is 105 cm³/mol. The summed E-state index contributed by atoms with van der Waals surface area (Å²) in [5.74, 6) is 6.61. The lowest BCUT2D eigenvalue weighted by Gasteiger charge is -2.16. The van der Waals surface area contributed by atoms with Gasteiger partial charge in [0, 0.05) is 24.6 Å². The van der Waals surface area contributed by atoms with Crippen molar-refractivity contribution in [1.82, 2.24) is 5.32 Å². The Morgan fingerprint density at radius 3 is 1.88 bits per heavy atom. The standard InChI is InChI=1S/C24H23N/c1-4-11-21(12-5-1)17-10-18-24(19-22-13-6-2-7-14-22)25-20-23-15-8-3-9-16-23/h1-9,11-16,24-25H,18-20H2/t24-/m0/s1. The van der Waals surface area contributed by atoms with Gasteiger partial charge in [0.25, 0.3) is 0 Å². The summed E-state index contributed by atoms with van der Waals surface area (Å²) in [7, 11) is 0. The molecule has 0 heterocycles. The van der Waals surface area contributed by atoms with Crippen molar-refractivity contribution < 1.29 is 0 Å². The average Bonchev–Trinajstić information content (AvgIpc) is 2.68. The lowest BCUT2D eigenvalue weighted by atomic mass is 10.0. The van der Waals surface area contributed by atoms with E-state index in [0.717, 1.165) is 24.9 Å². The molecule has 0 saturated heterocycles. The Hall–Kier alpha value is -2.82. The van der Waals surface area contributed by atoms with Crippen molar-refractivity contribution in [2.24, 2.45) is 0 Å². The minimum Gasteiger partial charge on any atom is -0.309 e. The van der Waals surface area contributed by atoms with Crippen molar-refractivity contribution in [1.29, 1.82) is 0 Å². The first-order chi connectivity index (χ1) is 12.4. The van der Waals surface area contributed by atoms with Gasteiger partial charge in [-0.1, -0.05) is 90.7 Å². The zero-order chi connectivity index (χ0) is 17.2. The number of rotatable bonds is 6. The van der Waals surface area contributed by atoms with Crippen LogP contribution in [-0.2, 0) is 13.0 Å². The van der Waals surface area contributed by atoms with Crippen LogP contribution < -0.4 is 5.32 Å². The Kier molecular flexibility index (Phi) is 6.45. The van der Waals surface area contributed by atoms with Crippen LogP contribution in [0.25, 0.3) is 0 Å². The van der Waals surface area contributed by atoms with E-state index in [4.69, 9.17) is 0 Å². The highest BCUT2D eigenvalue weighted by atomic mass is 14.9. The Morgan fingerprint density at radius 1 is 0.680 bits per heavy atom. The van der Waals surface area contributed by atoms with Crippen molar-refractivity contribution >= 4 is 0 Å². The van der Waals surface area contributed by atoms with Crippen LogP contribution in [0.5, 0.6) is 0 Å². The molecule has 0 radical (unpaired) electrons. The van der Waals surface area contributed by atoms with Crippen molar-refractivity contribution in [3.63, 3.8) is 0 Å². The molecule has 0 aliphatic heterocycles. The minimum absolute atomic E-state index is 0.332. The Balaban J connectivity index is 1.64. The van der Waals surface area contributed by atoms with Gasteiger partial charge in [-0.3, -0.25) is 0 Å². The average molecular weight is 325 g/mol. The lowest BCUT2D eigenvalue weighted by molar-refractivity contribution is 0.517. The van der Waals surface area contributed by atoms with E-state index >= 15 is 0 Å². The highest BCUT2D eigenvalue weighted by molar-refractivity contribution is 5.33. The van der Waals surface area contributed by atoms with Gasteiger partial charge in [-0.05, 0) is 29.7 Å². The van der Waals surface area contributed by atoms with Crippen LogP contribution in [0.15, 0.2) is 91.0 Å². The molecule has 0 aliphatic rings. The van der Waals surface area contributed by atoms with Crippen LogP contribution in [0.1, 0.15) is 23.1 Å². The molecule has 0 bridgehead atoms. The fourth-order valence-electron chi connectivity index (χ4n) is 2.77. The largest absolute Gasteiger partial charge is 0.309 e. The molecule has 3 aromatic carbocycles. The molecule has 0 amide bonds. The Labute approximate surface area is 150 Å². The second kappa shape index (κ2) is 9.47. The van der Waals surface area contributed by atoms with Crippen molar-refractivity contribution in [2.45, 2.75) is 25.4 Å². The Bertz CT molecular complexity index is 798. The molecule has 1 nitrogen and oxygen atoms in total. The summed E-state index contributed by atoms with van der Waals surface area (Å²) >= 11 is 0. The summed E-state index contributed by atoms with van der Waals surface area (Å²) in [6.07, 6.45) is 1.81. The summed E-state index contributed by atoms with van der Waals surface area (Å²) in [5, 5.41) is 3.67.